The average molecular weight is 445 g/mol. The number of H-pyrrole nitrogens is 1. The van der Waals surface area contributed by atoms with Gasteiger partial charge >= 0.3 is 0 Å². The number of pyridine rings is 1. The summed E-state index contributed by atoms with van der Waals surface area (Å²) in [5.74, 6) is 0.817. The Balaban J connectivity index is 1.54. The molecule has 0 radical (unpaired) electrons. The second-order valence-electron chi connectivity index (χ2n) is 7.93. The number of nitrogens with one attached hydrogen (secondary N) is 2. The van der Waals surface area contributed by atoms with Crippen LogP contribution in [0.5, 0.6) is 5.75 Å². The second-order valence-corrected chi connectivity index (χ2v) is 8.32. The molecule has 5 nitrogen and oxygen atoms in total. The van der Waals surface area contributed by atoms with Gasteiger partial charge in [-0.2, -0.15) is 0 Å². The fourth-order valence-corrected chi connectivity index (χ4v) is 4.16. The van der Waals surface area contributed by atoms with Gasteiger partial charge in [0.15, 0.2) is 5.11 Å². The average Bonchev–Trinajstić information content (AvgIpc) is 3.12. The lowest BCUT2D eigenvalue weighted by Crippen LogP contribution is -2.36. The van der Waals surface area contributed by atoms with Crippen LogP contribution >= 0.6 is 12.2 Å². The molecule has 0 amide bonds. The van der Waals surface area contributed by atoms with Gasteiger partial charge in [-0.25, -0.2) is 0 Å². The van der Waals surface area contributed by atoms with E-state index in [2.05, 4.69) is 52.2 Å². The molecule has 0 aliphatic heterocycles. The molecule has 0 bridgehead atoms. The molecule has 0 fully saturated rings. The van der Waals surface area contributed by atoms with E-state index in [1.807, 2.05) is 48.7 Å². The normalized spacial score (nSPS) is 10.8. The Morgan fingerprint density at radius 2 is 1.91 bits per heavy atom. The molecule has 6 heteroatoms. The molecular formula is C26H28N4OS. The highest BCUT2D eigenvalue weighted by atomic mass is 32.1. The highest BCUT2D eigenvalue weighted by molar-refractivity contribution is 7.80. The number of methoxy groups -OCH3 is 1. The molecule has 0 atom stereocenters. The molecule has 0 aliphatic carbocycles. The molecule has 32 heavy (non-hydrogen) atoms. The molecule has 0 unspecified atom stereocenters. The van der Waals surface area contributed by atoms with Crippen molar-refractivity contribution in [2.24, 2.45) is 0 Å². The third-order valence-corrected chi connectivity index (χ3v) is 5.97. The van der Waals surface area contributed by atoms with E-state index < -0.39 is 0 Å². The zero-order valence-electron chi connectivity index (χ0n) is 18.7. The van der Waals surface area contributed by atoms with Gasteiger partial charge in [-0.15, -0.1) is 0 Å². The number of aromatic nitrogens is 2. The van der Waals surface area contributed by atoms with E-state index in [9.17, 15) is 0 Å². The fraction of sp³-hybridized carbons (Fsp3) is 0.231. The van der Waals surface area contributed by atoms with Crippen molar-refractivity contribution in [2.75, 3.05) is 19.0 Å². The SMILES string of the molecule is COc1ccc(NC(=S)N(CCc2c(C)[nH]c3ccc(C)cc23)Cc2ccccn2)cc1. The molecule has 164 valence electrons. The van der Waals surface area contributed by atoms with Crippen molar-refractivity contribution in [1.82, 2.24) is 14.9 Å². The first-order valence-electron chi connectivity index (χ1n) is 10.7. The Bertz CT molecular complexity index is 1200. The third-order valence-electron chi connectivity index (χ3n) is 5.61. The fourth-order valence-electron chi connectivity index (χ4n) is 3.88. The molecule has 2 aromatic heterocycles. The second kappa shape index (κ2) is 9.83. The molecule has 2 N–H and O–H groups in total. The maximum atomic E-state index is 5.81. The molecule has 0 spiro atoms. The molecule has 0 saturated heterocycles. The van der Waals surface area contributed by atoms with Crippen molar-refractivity contribution in [2.45, 2.75) is 26.8 Å². The smallest absolute Gasteiger partial charge is 0.173 e. The van der Waals surface area contributed by atoms with E-state index in [-0.39, 0.29) is 0 Å². The largest absolute Gasteiger partial charge is 0.497 e. The maximum absolute atomic E-state index is 5.81. The number of anilines is 1. The van der Waals surface area contributed by atoms with Crippen molar-refractivity contribution in [3.05, 3.63) is 89.4 Å². The number of fused-ring (bicyclic) bond motifs is 1. The van der Waals surface area contributed by atoms with Crippen LogP contribution in [0.3, 0.4) is 0 Å². The number of hydrogen-bond acceptors (Lipinski definition) is 3. The zero-order valence-corrected chi connectivity index (χ0v) is 19.5. The van der Waals surface area contributed by atoms with Crippen molar-refractivity contribution in [1.29, 1.82) is 0 Å². The van der Waals surface area contributed by atoms with Gasteiger partial charge in [-0.05, 0) is 86.6 Å². The number of benzene rings is 2. The number of hydrogen-bond donors (Lipinski definition) is 2. The molecule has 4 aromatic rings. The van der Waals surface area contributed by atoms with Gasteiger partial charge < -0.3 is 19.9 Å². The highest BCUT2D eigenvalue weighted by Crippen LogP contribution is 2.24. The first-order valence-corrected chi connectivity index (χ1v) is 11.1. The van der Waals surface area contributed by atoms with Crippen LogP contribution in [-0.2, 0) is 13.0 Å². The Hall–Kier alpha value is -3.38. The summed E-state index contributed by atoms with van der Waals surface area (Å²) in [5, 5.41) is 5.33. The summed E-state index contributed by atoms with van der Waals surface area (Å²) >= 11 is 5.81. The molecule has 4 rings (SSSR count). The van der Waals surface area contributed by atoms with Gasteiger partial charge in [0.1, 0.15) is 5.75 Å². The number of nitrogens with zero attached hydrogens (tertiary/aromatic N) is 2. The maximum Gasteiger partial charge on any atom is 0.173 e. The van der Waals surface area contributed by atoms with E-state index in [4.69, 9.17) is 17.0 Å². The van der Waals surface area contributed by atoms with Crippen LogP contribution in [0, 0.1) is 13.8 Å². The summed E-state index contributed by atoms with van der Waals surface area (Å²) in [7, 11) is 1.66. The summed E-state index contributed by atoms with van der Waals surface area (Å²) in [6.45, 7) is 5.69. The lowest BCUT2D eigenvalue weighted by molar-refractivity contribution is 0.414. The first-order chi connectivity index (χ1) is 15.5. The number of thiocarbonyl (C=S) groups is 1. The van der Waals surface area contributed by atoms with Gasteiger partial charge in [-0.1, -0.05) is 17.7 Å². The lowest BCUT2D eigenvalue weighted by Gasteiger charge is -2.26. The minimum absolute atomic E-state index is 0.642. The van der Waals surface area contributed by atoms with E-state index in [1.54, 1.807) is 7.11 Å². The molecular weight excluding hydrogens is 416 g/mol. The topological polar surface area (TPSA) is 53.2 Å². The van der Waals surface area contributed by atoms with Crippen LogP contribution in [0.2, 0.25) is 0 Å². The summed E-state index contributed by atoms with van der Waals surface area (Å²) in [4.78, 5) is 10.2. The molecule has 0 aliphatic rings. The molecule has 2 heterocycles. The Morgan fingerprint density at radius 1 is 1.09 bits per heavy atom. The van der Waals surface area contributed by atoms with E-state index >= 15 is 0 Å². The third kappa shape index (κ3) is 5.08. The van der Waals surface area contributed by atoms with Crippen molar-refractivity contribution in [3.8, 4) is 5.75 Å². The lowest BCUT2D eigenvalue weighted by atomic mass is 10.1. The summed E-state index contributed by atoms with van der Waals surface area (Å²) in [6.07, 6.45) is 2.70. The Labute approximate surface area is 194 Å². The Morgan fingerprint density at radius 3 is 2.62 bits per heavy atom. The van der Waals surface area contributed by atoms with Crippen molar-refractivity contribution in [3.63, 3.8) is 0 Å². The minimum atomic E-state index is 0.642. The minimum Gasteiger partial charge on any atom is -0.497 e. The van der Waals surface area contributed by atoms with Crippen LogP contribution in [-0.4, -0.2) is 33.6 Å². The zero-order chi connectivity index (χ0) is 22.5. The highest BCUT2D eigenvalue weighted by Gasteiger charge is 2.15. The number of rotatable bonds is 7. The van der Waals surface area contributed by atoms with Crippen molar-refractivity contribution < 1.29 is 4.74 Å². The van der Waals surface area contributed by atoms with Gasteiger partial charge in [-0.3, -0.25) is 4.98 Å². The van der Waals surface area contributed by atoms with E-state index in [1.165, 1.54) is 27.7 Å². The predicted octanol–water partition coefficient (Wildman–Crippen LogP) is 5.63. The predicted molar refractivity (Wildman–Crippen MR) is 135 cm³/mol. The van der Waals surface area contributed by atoms with Crippen LogP contribution in [0.1, 0.15) is 22.5 Å². The van der Waals surface area contributed by atoms with Gasteiger partial charge in [0.25, 0.3) is 0 Å². The quantitative estimate of drug-likeness (QED) is 0.362. The number of aromatic amines is 1. The van der Waals surface area contributed by atoms with Gasteiger partial charge in [0, 0.05) is 35.0 Å². The standard InChI is InChI=1S/C26H28N4OS/c1-18-7-12-25-24(16-18)23(19(2)28-25)13-15-30(17-21-6-4-5-14-27-21)26(32)29-20-8-10-22(31-3)11-9-20/h4-12,14,16,28H,13,15,17H2,1-3H3,(H,29,32). The molecule has 2 aromatic carbocycles. The van der Waals surface area contributed by atoms with Crippen LogP contribution in [0.15, 0.2) is 66.9 Å². The summed E-state index contributed by atoms with van der Waals surface area (Å²) in [6, 6.07) is 20.3. The summed E-state index contributed by atoms with van der Waals surface area (Å²) in [5.41, 5.74) is 6.90. The van der Waals surface area contributed by atoms with Gasteiger partial charge in [0.05, 0.1) is 19.3 Å². The Kier molecular flexibility index (Phi) is 6.71. The number of aryl methyl sites for hydroxylation is 2. The number of ether oxygens (including phenoxy) is 1. The van der Waals surface area contributed by atoms with Crippen molar-refractivity contribution >= 4 is 33.9 Å². The molecule has 0 saturated carbocycles. The van der Waals surface area contributed by atoms with E-state index in [0.29, 0.717) is 11.7 Å². The van der Waals surface area contributed by atoms with Gasteiger partial charge in [0.2, 0.25) is 0 Å². The van der Waals surface area contributed by atoms with E-state index in [0.717, 1.165) is 30.1 Å². The van der Waals surface area contributed by atoms with Crippen LogP contribution in [0.4, 0.5) is 5.69 Å². The van der Waals surface area contributed by atoms with Crippen LogP contribution < -0.4 is 10.1 Å². The van der Waals surface area contributed by atoms with Crippen LogP contribution in [0.25, 0.3) is 10.9 Å². The first kappa shape index (κ1) is 21.8. The monoisotopic (exact) mass is 444 g/mol. The summed E-state index contributed by atoms with van der Waals surface area (Å²) < 4.78 is 5.25.